The average Bonchev–Trinajstić information content (AvgIpc) is 3.22. The SMILES string of the molecule is Cc1cc(C(CN(Cc2ccccc2)[C@@H](CO)c2ccc(OCc3ccccc3)c(NS(=O)(=O)CC(=O)OCc3ccccc3)c2)c2ccc(O)c(C)c2)ccc1O. The van der Waals surface area contributed by atoms with Crippen molar-refractivity contribution in [2.24, 2.45) is 0 Å². The minimum Gasteiger partial charge on any atom is -0.508 e. The van der Waals surface area contributed by atoms with Crippen molar-refractivity contribution in [2.45, 2.75) is 45.6 Å². The van der Waals surface area contributed by atoms with Crippen LogP contribution in [0.1, 0.15) is 56.5 Å². The highest BCUT2D eigenvalue weighted by atomic mass is 32.2. The predicted molar refractivity (Wildman–Crippen MR) is 225 cm³/mol. The summed E-state index contributed by atoms with van der Waals surface area (Å²) in [6.07, 6.45) is 0. The fourth-order valence-electron chi connectivity index (χ4n) is 6.81. The molecule has 6 aromatic rings. The van der Waals surface area contributed by atoms with Gasteiger partial charge in [-0.25, -0.2) is 8.42 Å². The van der Waals surface area contributed by atoms with Crippen LogP contribution in [0.25, 0.3) is 0 Å². The zero-order valence-electron chi connectivity index (χ0n) is 32.5. The molecular formula is C47H48N2O8S. The number of nitrogens with one attached hydrogen (secondary N) is 1. The molecule has 11 heteroatoms. The number of carbonyl (C=O) groups is 1. The fourth-order valence-corrected chi connectivity index (χ4v) is 7.77. The Balaban J connectivity index is 1.36. The lowest BCUT2D eigenvalue weighted by molar-refractivity contribution is -0.141. The predicted octanol–water partition coefficient (Wildman–Crippen LogP) is 8.15. The summed E-state index contributed by atoms with van der Waals surface area (Å²) in [5, 5.41) is 32.1. The number of phenolic OH excluding ortho intramolecular Hbond substituents is 2. The van der Waals surface area contributed by atoms with E-state index in [-0.39, 0.29) is 48.7 Å². The standard InChI is InChI=1S/C47H48N2O8S/c1-33-24-38(18-21-44(33)51)41(39-19-22-45(52)34(2)25-39)28-49(27-35-12-6-3-7-13-35)43(29-50)40-20-23-46(56-30-36-14-8-4-9-15-36)42(26-40)48-58(54,55)32-47(53)57-31-37-16-10-5-11-17-37/h3-26,41,43,48,50-52H,27-32H2,1-2H3/t43-/m0/s1. The topological polar surface area (TPSA) is 146 Å². The molecule has 0 saturated carbocycles. The number of aliphatic hydroxyl groups is 1. The maximum Gasteiger partial charge on any atom is 0.323 e. The molecule has 0 aliphatic carbocycles. The Bertz CT molecular complexity index is 2340. The maximum atomic E-state index is 13.6. The first kappa shape index (κ1) is 41.5. The number of esters is 1. The monoisotopic (exact) mass is 800 g/mol. The summed E-state index contributed by atoms with van der Waals surface area (Å²) in [5.74, 6) is -1.53. The Morgan fingerprint density at radius 1 is 0.672 bits per heavy atom. The largest absolute Gasteiger partial charge is 0.508 e. The van der Waals surface area contributed by atoms with Crippen LogP contribution in [0.5, 0.6) is 17.2 Å². The molecule has 0 heterocycles. The van der Waals surface area contributed by atoms with Crippen LogP contribution in [0.3, 0.4) is 0 Å². The zero-order valence-corrected chi connectivity index (χ0v) is 33.3. The van der Waals surface area contributed by atoms with E-state index in [1.807, 2.05) is 105 Å². The number of anilines is 1. The van der Waals surface area contributed by atoms with Gasteiger partial charge in [0.1, 0.15) is 30.5 Å². The molecule has 0 aromatic heterocycles. The maximum absolute atomic E-state index is 13.6. The van der Waals surface area contributed by atoms with E-state index in [9.17, 15) is 28.5 Å². The highest BCUT2D eigenvalue weighted by Gasteiger charge is 2.28. The number of hydrogen-bond donors (Lipinski definition) is 4. The third-order valence-electron chi connectivity index (χ3n) is 9.95. The normalized spacial score (nSPS) is 12.0. The molecule has 58 heavy (non-hydrogen) atoms. The second-order valence-corrected chi connectivity index (χ2v) is 16.0. The Kier molecular flexibility index (Phi) is 13.8. The van der Waals surface area contributed by atoms with Crippen LogP contribution >= 0.6 is 0 Å². The number of phenols is 2. The van der Waals surface area contributed by atoms with E-state index in [0.717, 1.165) is 27.8 Å². The van der Waals surface area contributed by atoms with Crippen LogP contribution in [0.4, 0.5) is 5.69 Å². The van der Waals surface area contributed by atoms with E-state index in [4.69, 9.17) is 9.47 Å². The van der Waals surface area contributed by atoms with Gasteiger partial charge in [-0.15, -0.1) is 0 Å². The fraction of sp³-hybridized carbons (Fsp3) is 0.213. The molecule has 6 rings (SSSR count). The van der Waals surface area contributed by atoms with Crippen molar-refractivity contribution in [3.8, 4) is 17.2 Å². The van der Waals surface area contributed by atoms with Crippen molar-refractivity contribution in [1.29, 1.82) is 0 Å². The zero-order chi connectivity index (χ0) is 41.1. The van der Waals surface area contributed by atoms with Crippen LogP contribution < -0.4 is 9.46 Å². The first-order chi connectivity index (χ1) is 28.0. The summed E-state index contributed by atoms with van der Waals surface area (Å²) >= 11 is 0. The lowest BCUT2D eigenvalue weighted by Gasteiger charge is -2.35. The highest BCUT2D eigenvalue weighted by Crippen LogP contribution is 2.37. The van der Waals surface area contributed by atoms with E-state index >= 15 is 0 Å². The number of aryl methyl sites for hydroxylation is 2. The van der Waals surface area contributed by atoms with Crippen LogP contribution in [-0.2, 0) is 39.3 Å². The Labute approximate surface area is 340 Å². The number of sulfonamides is 1. The number of carbonyl (C=O) groups excluding carboxylic acids is 1. The number of aromatic hydroxyl groups is 2. The first-order valence-electron chi connectivity index (χ1n) is 19.0. The minimum atomic E-state index is -4.29. The van der Waals surface area contributed by atoms with Crippen molar-refractivity contribution in [3.63, 3.8) is 0 Å². The smallest absolute Gasteiger partial charge is 0.323 e. The van der Waals surface area contributed by atoms with Gasteiger partial charge in [-0.05, 0) is 82.6 Å². The molecule has 0 unspecified atom stereocenters. The van der Waals surface area contributed by atoms with Gasteiger partial charge in [0.05, 0.1) is 18.3 Å². The number of nitrogens with zero attached hydrogens (tertiary/aromatic N) is 1. The van der Waals surface area contributed by atoms with Crippen molar-refractivity contribution < 1.29 is 38.0 Å². The molecule has 0 aliphatic heterocycles. The van der Waals surface area contributed by atoms with Crippen molar-refractivity contribution in [1.82, 2.24) is 4.90 Å². The third kappa shape index (κ3) is 11.3. The number of hydrogen-bond acceptors (Lipinski definition) is 9. The van der Waals surface area contributed by atoms with Gasteiger partial charge >= 0.3 is 5.97 Å². The van der Waals surface area contributed by atoms with E-state index in [1.54, 1.807) is 54.6 Å². The number of benzene rings is 6. The molecular weight excluding hydrogens is 753 g/mol. The summed E-state index contributed by atoms with van der Waals surface area (Å²) < 4.78 is 41.2. The molecule has 4 N–H and O–H groups in total. The van der Waals surface area contributed by atoms with Gasteiger partial charge in [0.2, 0.25) is 10.0 Å². The van der Waals surface area contributed by atoms with Gasteiger partial charge in [0, 0.05) is 19.0 Å². The van der Waals surface area contributed by atoms with Gasteiger partial charge in [0.25, 0.3) is 0 Å². The van der Waals surface area contributed by atoms with Crippen molar-refractivity contribution >= 4 is 21.7 Å². The summed E-state index contributed by atoms with van der Waals surface area (Å²) in [4.78, 5) is 14.9. The van der Waals surface area contributed by atoms with Crippen molar-refractivity contribution in [3.05, 3.63) is 190 Å². The summed E-state index contributed by atoms with van der Waals surface area (Å²) in [5.41, 5.74) is 6.54. The second kappa shape index (κ2) is 19.3. The Morgan fingerprint density at radius 2 is 1.19 bits per heavy atom. The number of ether oxygens (including phenoxy) is 2. The van der Waals surface area contributed by atoms with Crippen LogP contribution in [0, 0.1) is 13.8 Å². The van der Waals surface area contributed by atoms with Crippen LogP contribution in [-0.4, -0.2) is 53.5 Å². The van der Waals surface area contributed by atoms with E-state index in [0.29, 0.717) is 29.8 Å². The summed E-state index contributed by atoms with van der Waals surface area (Å²) in [6.45, 7) is 4.22. The van der Waals surface area contributed by atoms with Gasteiger partial charge in [0.15, 0.2) is 5.75 Å². The van der Waals surface area contributed by atoms with E-state index < -0.39 is 27.8 Å². The lowest BCUT2D eigenvalue weighted by atomic mass is 9.88. The number of aliphatic hydroxyl groups excluding tert-OH is 1. The molecule has 6 aromatic carbocycles. The Morgan fingerprint density at radius 3 is 1.72 bits per heavy atom. The van der Waals surface area contributed by atoms with E-state index in [1.165, 1.54) is 0 Å². The van der Waals surface area contributed by atoms with Crippen molar-refractivity contribution in [2.75, 3.05) is 23.6 Å². The first-order valence-corrected chi connectivity index (χ1v) is 20.6. The molecule has 0 aliphatic rings. The molecule has 0 bridgehead atoms. The Hall–Kier alpha value is -6.14. The molecule has 1 atom stereocenters. The van der Waals surface area contributed by atoms with Gasteiger partial charge < -0.3 is 24.8 Å². The van der Waals surface area contributed by atoms with Crippen LogP contribution in [0.15, 0.2) is 146 Å². The molecule has 0 radical (unpaired) electrons. The van der Waals surface area contributed by atoms with E-state index in [2.05, 4.69) is 9.62 Å². The summed E-state index contributed by atoms with van der Waals surface area (Å²) in [7, 11) is -4.29. The lowest BCUT2D eigenvalue weighted by Crippen LogP contribution is -2.35. The molecule has 300 valence electrons. The number of rotatable bonds is 18. The molecule has 0 saturated heterocycles. The second-order valence-electron chi connectivity index (χ2n) is 14.3. The van der Waals surface area contributed by atoms with Gasteiger partial charge in [-0.3, -0.25) is 14.4 Å². The highest BCUT2D eigenvalue weighted by molar-refractivity contribution is 7.93. The molecule has 0 amide bonds. The quantitative estimate of drug-likeness (QED) is 0.0633. The van der Waals surface area contributed by atoms with Crippen LogP contribution in [0.2, 0.25) is 0 Å². The third-order valence-corrected chi connectivity index (χ3v) is 11.1. The molecule has 0 fully saturated rings. The average molecular weight is 801 g/mol. The molecule has 0 spiro atoms. The molecule has 10 nitrogen and oxygen atoms in total. The minimum absolute atomic E-state index is 0.0695. The van der Waals surface area contributed by atoms with Gasteiger partial charge in [-0.1, -0.05) is 121 Å². The summed E-state index contributed by atoms with van der Waals surface area (Å²) in [6, 6.07) is 43.7. The van der Waals surface area contributed by atoms with Gasteiger partial charge in [-0.2, -0.15) is 0 Å².